The predicted molar refractivity (Wildman–Crippen MR) is 103 cm³/mol. The number of hydrazine groups is 1. The number of aromatic hydroxyl groups is 1. The Labute approximate surface area is 168 Å². The number of amides is 1. The van der Waals surface area contributed by atoms with Gasteiger partial charge in [0.25, 0.3) is 5.91 Å². The lowest BCUT2D eigenvalue weighted by Crippen LogP contribution is -2.61. The number of carbonyl (C=O) groups is 3. The van der Waals surface area contributed by atoms with Crippen LogP contribution in [0.3, 0.4) is 0 Å². The number of carbonyl (C=O) groups excluding carboxylic acids is 1. The fraction of sp³-hybridized carbons (Fsp3) is 0.550. The molecule has 1 aromatic carbocycles. The molecule has 4 N–H and O–H groups in total. The molecule has 3 rings (SSSR count). The number of phenols is 1. The average molecular weight is 405 g/mol. The van der Waals surface area contributed by atoms with Crippen LogP contribution in [-0.4, -0.2) is 74.4 Å². The van der Waals surface area contributed by atoms with Crippen molar-refractivity contribution in [1.29, 1.82) is 0 Å². The lowest BCUT2D eigenvalue weighted by molar-refractivity contribution is -0.174. The van der Waals surface area contributed by atoms with Crippen LogP contribution >= 0.6 is 0 Å². The maximum absolute atomic E-state index is 13.1. The van der Waals surface area contributed by atoms with Crippen molar-refractivity contribution < 1.29 is 29.7 Å². The van der Waals surface area contributed by atoms with Crippen LogP contribution in [0.2, 0.25) is 0 Å². The Kier molecular flexibility index (Phi) is 6.71. The molecule has 2 aliphatic heterocycles. The summed E-state index contributed by atoms with van der Waals surface area (Å²) in [4.78, 5) is 36.5. The van der Waals surface area contributed by atoms with E-state index in [0.717, 1.165) is 5.56 Å². The molecule has 1 aromatic rings. The van der Waals surface area contributed by atoms with Gasteiger partial charge in [-0.1, -0.05) is 12.1 Å². The zero-order chi connectivity index (χ0) is 21.0. The number of hydrogen-bond donors (Lipinski definition) is 4. The molecule has 0 radical (unpaired) electrons. The van der Waals surface area contributed by atoms with Crippen LogP contribution in [0.5, 0.6) is 5.75 Å². The maximum atomic E-state index is 13.1. The Morgan fingerprint density at radius 1 is 1.10 bits per heavy atom. The summed E-state index contributed by atoms with van der Waals surface area (Å²) in [5.74, 6) is -2.31. The number of carboxylic acid groups (broad SMARTS) is 2. The third-order valence-electron chi connectivity index (χ3n) is 5.57. The molecular formula is C20H27N3O6. The minimum Gasteiger partial charge on any atom is -0.508 e. The summed E-state index contributed by atoms with van der Waals surface area (Å²) in [6.07, 6.45) is 2.99. The topological polar surface area (TPSA) is 130 Å². The summed E-state index contributed by atoms with van der Waals surface area (Å²) >= 11 is 0. The van der Waals surface area contributed by atoms with Crippen LogP contribution in [0.1, 0.15) is 37.7 Å². The molecule has 0 spiro atoms. The van der Waals surface area contributed by atoms with Crippen molar-refractivity contribution in [3.8, 4) is 5.75 Å². The molecule has 2 saturated heterocycles. The molecule has 2 heterocycles. The van der Waals surface area contributed by atoms with Gasteiger partial charge < -0.3 is 15.3 Å². The fourth-order valence-electron chi connectivity index (χ4n) is 4.05. The van der Waals surface area contributed by atoms with Crippen LogP contribution in [0.25, 0.3) is 0 Å². The zero-order valence-electron chi connectivity index (χ0n) is 16.2. The smallest absolute Gasteiger partial charge is 0.328 e. The minimum atomic E-state index is -1.05. The highest BCUT2D eigenvalue weighted by atomic mass is 16.4. The molecular weight excluding hydrogens is 378 g/mol. The number of phenolic OH excluding ortho intramolecular Hbond substituents is 1. The maximum Gasteiger partial charge on any atom is 0.328 e. The minimum absolute atomic E-state index is 0.143. The van der Waals surface area contributed by atoms with E-state index in [2.05, 4.69) is 5.32 Å². The fourth-order valence-corrected chi connectivity index (χ4v) is 4.05. The number of hydrogen-bond acceptors (Lipinski definition) is 6. The van der Waals surface area contributed by atoms with Gasteiger partial charge in [0.1, 0.15) is 17.8 Å². The molecule has 3 unspecified atom stereocenters. The van der Waals surface area contributed by atoms with Gasteiger partial charge >= 0.3 is 11.9 Å². The summed E-state index contributed by atoms with van der Waals surface area (Å²) in [5, 5.41) is 34.6. The Morgan fingerprint density at radius 3 is 2.38 bits per heavy atom. The molecule has 29 heavy (non-hydrogen) atoms. The van der Waals surface area contributed by atoms with Gasteiger partial charge in [0.15, 0.2) is 0 Å². The van der Waals surface area contributed by atoms with E-state index in [1.54, 1.807) is 29.3 Å². The van der Waals surface area contributed by atoms with E-state index >= 15 is 0 Å². The molecule has 158 valence electrons. The van der Waals surface area contributed by atoms with E-state index in [0.29, 0.717) is 45.2 Å². The SMILES string of the molecule is O=C(O)C(CCc1ccc(O)cc1)NC1CCCN2CCCC(C(=O)O)N2C1=O. The summed E-state index contributed by atoms with van der Waals surface area (Å²) < 4.78 is 0. The molecule has 0 aromatic heterocycles. The van der Waals surface area contributed by atoms with Crippen LogP contribution in [0.15, 0.2) is 24.3 Å². The van der Waals surface area contributed by atoms with E-state index in [1.165, 1.54) is 5.01 Å². The quantitative estimate of drug-likeness (QED) is 0.525. The lowest BCUT2D eigenvalue weighted by Gasteiger charge is -2.42. The first-order valence-electron chi connectivity index (χ1n) is 9.94. The predicted octanol–water partition coefficient (Wildman–Crippen LogP) is 0.823. The van der Waals surface area contributed by atoms with Crippen LogP contribution in [0.4, 0.5) is 0 Å². The molecule has 2 fully saturated rings. The van der Waals surface area contributed by atoms with Crippen molar-refractivity contribution in [2.24, 2.45) is 0 Å². The summed E-state index contributed by atoms with van der Waals surface area (Å²) in [5.41, 5.74) is 0.885. The molecule has 1 amide bonds. The van der Waals surface area contributed by atoms with Gasteiger partial charge in [-0.05, 0) is 56.2 Å². The molecule has 9 heteroatoms. The van der Waals surface area contributed by atoms with Gasteiger partial charge in [-0.25, -0.2) is 9.80 Å². The standard InChI is InChI=1S/C20H27N3O6/c24-14-8-5-13(6-9-14)7-10-16(19(26)27)21-15-3-1-11-22-12-2-4-17(20(28)29)23(22)18(15)25/h5-6,8-9,15-17,21,24H,1-4,7,10-12H2,(H,26,27)(H,28,29). The van der Waals surface area contributed by atoms with E-state index in [9.17, 15) is 29.7 Å². The van der Waals surface area contributed by atoms with E-state index in [4.69, 9.17) is 0 Å². The van der Waals surface area contributed by atoms with Gasteiger partial charge in [0, 0.05) is 13.1 Å². The van der Waals surface area contributed by atoms with E-state index < -0.39 is 30.1 Å². The van der Waals surface area contributed by atoms with Gasteiger partial charge in [-0.15, -0.1) is 0 Å². The summed E-state index contributed by atoms with van der Waals surface area (Å²) in [7, 11) is 0. The van der Waals surface area contributed by atoms with Crippen molar-refractivity contribution in [3.63, 3.8) is 0 Å². The second-order valence-electron chi connectivity index (χ2n) is 7.59. The number of aliphatic carboxylic acids is 2. The Balaban J connectivity index is 1.69. The monoisotopic (exact) mass is 405 g/mol. The van der Waals surface area contributed by atoms with Crippen molar-refractivity contribution in [2.45, 2.75) is 56.7 Å². The number of rotatable bonds is 7. The van der Waals surface area contributed by atoms with E-state index in [-0.39, 0.29) is 18.1 Å². The van der Waals surface area contributed by atoms with Gasteiger partial charge in [0.2, 0.25) is 0 Å². The molecule has 0 saturated carbocycles. The third-order valence-corrected chi connectivity index (χ3v) is 5.57. The van der Waals surface area contributed by atoms with Crippen molar-refractivity contribution in [1.82, 2.24) is 15.3 Å². The molecule has 0 aliphatic carbocycles. The first-order chi connectivity index (χ1) is 13.9. The van der Waals surface area contributed by atoms with Gasteiger partial charge in [-0.2, -0.15) is 0 Å². The largest absolute Gasteiger partial charge is 0.508 e. The highest BCUT2D eigenvalue weighted by Crippen LogP contribution is 2.24. The first kappa shape index (κ1) is 21.1. The Hall–Kier alpha value is -2.65. The van der Waals surface area contributed by atoms with Crippen molar-refractivity contribution >= 4 is 17.8 Å². The molecule has 3 atom stereocenters. The Bertz CT molecular complexity index is 753. The van der Waals surface area contributed by atoms with Gasteiger partial charge in [0.05, 0.1) is 6.04 Å². The number of benzene rings is 1. The number of fused-ring (bicyclic) bond motifs is 1. The number of carboxylic acids is 2. The zero-order valence-corrected chi connectivity index (χ0v) is 16.2. The molecule has 9 nitrogen and oxygen atoms in total. The van der Waals surface area contributed by atoms with Crippen LogP contribution in [-0.2, 0) is 20.8 Å². The first-order valence-corrected chi connectivity index (χ1v) is 9.94. The molecule has 2 aliphatic rings. The van der Waals surface area contributed by atoms with Crippen LogP contribution in [0, 0.1) is 0 Å². The summed E-state index contributed by atoms with van der Waals surface area (Å²) in [6, 6.07) is 3.98. The van der Waals surface area contributed by atoms with E-state index in [1.807, 2.05) is 0 Å². The second kappa shape index (κ2) is 9.23. The number of nitrogens with zero attached hydrogens (tertiary/aromatic N) is 2. The van der Waals surface area contributed by atoms with Crippen molar-refractivity contribution in [3.05, 3.63) is 29.8 Å². The lowest BCUT2D eigenvalue weighted by atomic mass is 10.0. The number of nitrogens with one attached hydrogen (secondary N) is 1. The highest BCUT2D eigenvalue weighted by molar-refractivity contribution is 5.87. The third kappa shape index (κ3) is 5.04. The van der Waals surface area contributed by atoms with Gasteiger partial charge in [-0.3, -0.25) is 19.9 Å². The second-order valence-corrected chi connectivity index (χ2v) is 7.59. The van der Waals surface area contributed by atoms with Crippen LogP contribution < -0.4 is 5.32 Å². The Morgan fingerprint density at radius 2 is 1.76 bits per heavy atom. The normalized spacial score (nSPS) is 23.9. The van der Waals surface area contributed by atoms with Crippen molar-refractivity contribution in [2.75, 3.05) is 13.1 Å². The molecule has 0 bridgehead atoms. The summed E-state index contributed by atoms with van der Waals surface area (Å²) in [6.45, 7) is 1.21. The highest BCUT2D eigenvalue weighted by Gasteiger charge is 2.42. The average Bonchev–Trinajstić information content (AvgIpc) is 2.85. The number of aryl methyl sites for hydroxylation is 1.